The van der Waals surface area contributed by atoms with E-state index in [2.05, 4.69) is 27.4 Å². The summed E-state index contributed by atoms with van der Waals surface area (Å²) in [6.07, 6.45) is 5.08. The highest BCUT2D eigenvalue weighted by Crippen LogP contribution is 2.21. The topological polar surface area (TPSA) is 20.2 Å². The fourth-order valence-electron chi connectivity index (χ4n) is 1.79. The van der Waals surface area contributed by atoms with Crippen molar-refractivity contribution < 1.29 is 5.11 Å². The summed E-state index contributed by atoms with van der Waals surface area (Å²) in [5, 5.41) is 10.1. The molecular formula is C14H26O. The van der Waals surface area contributed by atoms with Crippen molar-refractivity contribution in [3.05, 3.63) is 23.3 Å². The average Bonchev–Trinajstić information content (AvgIpc) is 2.19. The second-order valence-corrected chi connectivity index (χ2v) is 4.30. The number of unbranched alkanes of at least 4 members (excludes halogenated alkanes) is 2. The maximum absolute atomic E-state index is 10.1. The lowest BCUT2D eigenvalue weighted by atomic mass is 9.94. The normalized spacial score (nSPS) is 14.7. The van der Waals surface area contributed by atoms with Crippen LogP contribution in [-0.2, 0) is 0 Å². The van der Waals surface area contributed by atoms with E-state index in [1.807, 2.05) is 6.92 Å². The first kappa shape index (κ1) is 14.4. The molecule has 88 valence electrons. The van der Waals surface area contributed by atoms with E-state index in [1.54, 1.807) is 0 Å². The number of allylic oxidation sites excluding steroid dienone is 2. The van der Waals surface area contributed by atoms with Crippen LogP contribution in [-0.4, -0.2) is 11.2 Å². The first-order valence-corrected chi connectivity index (χ1v) is 6.08. The number of hydrogen-bond donors (Lipinski definition) is 1. The van der Waals surface area contributed by atoms with Crippen LogP contribution in [0.2, 0.25) is 0 Å². The van der Waals surface area contributed by atoms with Gasteiger partial charge in [-0.25, -0.2) is 0 Å². The molecule has 0 aromatic heterocycles. The number of aliphatic hydroxyl groups excluding tert-OH is 1. The van der Waals surface area contributed by atoms with Crippen molar-refractivity contribution >= 4 is 0 Å². The Morgan fingerprint density at radius 3 is 2.20 bits per heavy atom. The summed E-state index contributed by atoms with van der Waals surface area (Å²) in [6.45, 7) is 12.3. The second kappa shape index (κ2) is 7.70. The van der Waals surface area contributed by atoms with Crippen LogP contribution < -0.4 is 0 Å². The van der Waals surface area contributed by atoms with Gasteiger partial charge in [-0.15, -0.1) is 0 Å². The minimum atomic E-state index is -0.266. The van der Waals surface area contributed by atoms with Crippen molar-refractivity contribution in [1.82, 2.24) is 0 Å². The third kappa shape index (κ3) is 5.17. The lowest BCUT2D eigenvalue weighted by Gasteiger charge is -2.17. The van der Waals surface area contributed by atoms with E-state index in [0.29, 0.717) is 0 Å². The summed E-state index contributed by atoms with van der Waals surface area (Å²) in [5.74, 6) is 0. The van der Waals surface area contributed by atoms with E-state index in [0.717, 1.165) is 24.8 Å². The molecule has 1 atom stereocenters. The average molecular weight is 210 g/mol. The first-order valence-electron chi connectivity index (χ1n) is 6.08. The summed E-state index contributed by atoms with van der Waals surface area (Å²) < 4.78 is 0. The predicted molar refractivity (Wildman–Crippen MR) is 68.0 cm³/mol. The van der Waals surface area contributed by atoms with Crippen molar-refractivity contribution in [1.29, 1.82) is 0 Å². The van der Waals surface area contributed by atoms with E-state index in [1.165, 1.54) is 24.0 Å². The van der Waals surface area contributed by atoms with Gasteiger partial charge in [-0.2, -0.15) is 0 Å². The fraction of sp³-hybridized carbons (Fsp3) is 0.714. The van der Waals surface area contributed by atoms with Gasteiger partial charge in [0.25, 0.3) is 0 Å². The zero-order valence-electron chi connectivity index (χ0n) is 10.8. The Morgan fingerprint density at radius 1 is 1.20 bits per heavy atom. The van der Waals surface area contributed by atoms with Crippen molar-refractivity contribution in [2.45, 2.75) is 65.9 Å². The second-order valence-electron chi connectivity index (χ2n) is 4.30. The smallest absolute Gasteiger partial charge is 0.0755 e. The molecule has 0 bridgehead atoms. The molecule has 1 N–H and O–H groups in total. The molecule has 1 heteroatoms. The van der Waals surface area contributed by atoms with Gasteiger partial charge in [0.2, 0.25) is 0 Å². The quantitative estimate of drug-likeness (QED) is 0.492. The van der Waals surface area contributed by atoms with E-state index >= 15 is 0 Å². The molecule has 0 saturated carbocycles. The lowest BCUT2D eigenvalue weighted by molar-refractivity contribution is 0.192. The molecule has 0 aliphatic carbocycles. The van der Waals surface area contributed by atoms with Gasteiger partial charge in [-0.1, -0.05) is 45.3 Å². The third-order valence-corrected chi connectivity index (χ3v) is 2.99. The van der Waals surface area contributed by atoms with Gasteiger partial charge in [0.1, 0.15) is 0 Å². The molecule has 0 saturated heterocycles. The van der Waals surface area contributed by atoms with Crippen LogP contribution in [0.4, 0.5) is 0 Å². The molecular weight excluding hydrogens is 184 g/mol. The van der Waals surface area contributed by atoms with Crippen LogP contribution >= 0.6 is 0 Å². The summed E-state index contributed by atoms with van der Waals surface area (Å²) in [7, 11) is 0. The standard InChI is InChI=1S/C14H26O/c1-6-8-9-10-14(15)13(7-2)12(5)11(3)4/h14-15H,3,6-10H2,1-2,4-5H3/b13-12+. The summed E-state index contributed by atoms with van der Waals surface area (Å²) in [5.41, 5.74) is 3.42. The number of aliphatic hydroxyl groups is 1. The Hall–Kier alpha value is -0.560. The number of hydrogen-bond acceptors (Lipinski definition) is 1. The summed E-state index contributed by atoms with van der Waals surface area (Å²) in [6, 6.07) is 0. The first-order chi connectivity index (χ1) is 7.04. The Kier molecular flexibility index (Phi) is 7.41. The molecule has 0 amide bonds. The Labute approximate surface area is 94.9 Å². The van der Waals surface area contributed by atoms with Gasteiger partial charge in [-0.05, 0) is 37.8 Å². The zero-order chi connectivity index (χ0) is 11.8. The number of rotatable bonds is 7. The maximum atomic E-state index is 10.1. The van der Waals surface area contributed by atoms with Crippen LogP contribution in [0.1, 0.15) is 59.8 Å². The molecule has 0 rings (SSSR count). The highest BCUT2D eigenvalue weighted by atomic mass is 16.3. The minimum Gasteiger partial charge on any atom is -0.389 e. The predicted octanol–water partition coefficient (Wildman–Crippen LogP) is 4.23. The fourth-order valence-corrected chi connectivity index (χ4v) is 1.79. The van der Waals surface area contributed by atoms with Crippen LogP contribution in [0.5, 0.6) is 0 Å². The molecule has 15 heavy (non-hydrogen) atoms. The van der Waals surface area contributed by atoms with Crippen LogP contribution in [0.15, 0.2) is 23.3 Å². The summed E-state index contributed by atoms with van der Waals surface area (Å²) in [4.78, 5) is 0. The SMILES string of the molecule is C=C(C)/C(C)=C(\CC)C(O)CCCCC. The van der Waals surface area contributed by atoms with E-state index in [4.69, 9.17) is 0 Å². The Balaban J connectivity index is 4.40. The minimum absolute atomic E-state index is 0.266. The van der Waals surface area contributed by atoms with E-state index in [9.17, 15) is 5.11 Å². The molecule has 0 aliphatic heterocycles. The molecule has 0 aromatic rings. The van der Waals surface area contributed by atoms with Gasteiger partial charge >= 0.3 is 0 Å². The van der Waals surface area contributed by atoms with Crippen molar-refractivity contribution in [3.8, 4) is 0 Å². The highest BCUT2D eigenvalue weighted by molar-refractivity contribution is 5.31. The van der Waals surface area contributed by atoms with Crippen molar-refractivity contribution in [3.63, 3.8) is 0 Å². The Morgan fingerprint density at radius 2 is 1.80 bits per heavy atom. The largest absolute Gasteiger partial charge is 0.389 e. The van der Waals surface area contributed by atoms with E-state index in [-0.39, 0.29) is 6.10 Å². The zero-order valence-corrected chi connectivity index (χ0v) is 10.8. The molecule has 0 aromatic carbocycles. The molecule has 0 radical (unpaired) electrons. The monoisotopic (exact) mass is 210 g/mol. The summed E-state index contributed by atoms with van der Waals surface area (Å²) >= 11 is 0. The molecule has 1 unspecified atom stereocenters. The van der Waals surface area contributed by atoms with Gasteiger partial charge in [0.15, 0.2) is 0 Å². The molecule has 1 nitrogen and oxygen atoms in total. The van der Waals surface area contributed by atoms with Gasteiger partial charge in [0.05, 0.1) is 6.10 Å². The molecule has 0 spiro atoms. The Bertz CT molecular complexity index is 225. The van der Waals surface area contributed by atoms with Crippen LogP contribution in [0.25, 0.3) is 0 Å². The highest BCUT2D eigenvalue weighted by Gasteiger charge is 2.11. The molecule has 0 fully saturated rings. The lowest BCUT2D eigenvalue weighted by Crippen LogP contribution is -2.12. The van der Waals surface area contributed by atoms with Gasteiger partial charge < -0.3 is 5.11 Å². The van der Waals surface area contributed by atoms with Crippen LogP contribution in [0, 0.1) is 0 Å². The van der Waals surface area contributed by atoms with Gasteiger partial charge in [0, 0.05) is 0 Å². The molecule has 0 heterocycles. The van der Waals surface area contributed by atoms with Crippen molar-refractivity contribution in [2.24, 2.45) is 0 Å². The van der Waals surface area contributed by atoms with Crippen LogP contribution in [0.3, 0.4) is 0 Å². The third-order valence-electron chi connectivity index (χ3n) is 2.99. The molecule has 0 aliphatic rings. The van der Waals surface area contributed by atoms with Gasteiger partial charge in [-0.3, -0.25) is 0 Å². The van der Waals surface area contributed by atoms with Crippen molar-refractivity contribution in [2.75, 3.05) is 0 Å². The van der Waals surface area contributed by atoms with E-state index < -0.39 is 0 Å². The maximum Gasteiger partial charge on any atom is 0.0755 e.